The molecule has 1 aromatic rings. The third-order valence-electron chi connectivity index (χ3n) is 0.980. The first-order valence-electron chi connectivity index (χ1n) is 3.18. The van der Waals surface area contributed by atoms with E-state index < -0.39 is 0 Å². The minimum absolute atomic E-state index is 0.678. The van der Waals surface area contributed by atoms with E-state index in [0.717, 1.165) is 13.0 Å². The smallest absolute Gasteiger partial charge is 0.170 e. The number of aromatic nitrogens is 4. The number of nitrogens with zero attached hydrogens (tertiary/aromatic N) is 4. The summed E-state index contributed by atoms with van der Waals surface area (Å²) in [5.41, 5.74) is 0. The molecule has 0 aromatic carbocycles. The van der Waals surface area contributed by atoms with E-state index in [0.29, 0.717) is 5.82 Å². The van der Waals surface area contributed by atoms with E-state index >= 15 is 0 Å². The molecule has 10 heavy (non-hydrogen) atoms. The van der Waals surface area contributed by atoms with Crippen molar-refractivity contribution in [2.45, 2.75) is 13.3 Å². The Balaban J connectivity index is 2.43. The number of hydrogen-bond acceptors (Lipinski definition) is 5. The molecule has 0 spiro atoms. The second-order valence-electron chi connectivity index (χ2n) is 1.84. The Labute approximate surface area is 58.9 Å². The van der Waals surface area contributed by atoms with Gasteiger partial charge in [0, 0.05) is 6.54 Å². The fourth-order valence-corrected chi connectivity index (χ4v) is 0.532. The van der Waals surface area contributed by atoms with Gasteiger partial charge in [-0.1, -0.05) is 6.92 Å². The molecule has 0 aliphatic heterocycles. The molecule has 0 saturated heterocycles. The first kappa shape index (κ1) is 6.85. The van der Waals surface area contributed by atoms with Gasteiger partial charge in [0.15, 0.2) is 5.82 Å². The normalized spacial score (nSPS) is 9.30. The summed E-state index contributed by atoms with van der Waals surface area (Å²) in [6.45, 7) is 2.97. The quantitative estimate of drug-likeness (QED) is 0.642. The minimum atomic E-state index is 0.678. The monoisotopic (exact) mass is 139 g/mol. The van der Waals surface area contributed by atoms with Crippen molar-refractivity contribution in [2.75, 3.05) is 11.9 Å². The summed E-state index contributed by atoms with van der Waals surface area (Å²) in [4.78, 5) is 0. The molecule has 5 heteroatoms. The standard InChI is InChI=1S/C5H9N5/c1-2-3-6-5-4-7-9-10-8-5/h4H,2-3H2,1H3,(H,6,8,9). The number of anilines is 1. The van der Waals surface area contributed by atoms with Crippen LogP contribution in [0, 0.1) is 0 Å². The third-order valence-corrected chi connectivity index (χ3v) is 0.980. The van der Waals surface area contributed by atoms with Gasteiger partial charge >= 0.3 is 0 Å². The highest BCUT2D eigenvalue weighted by atomic mass is 15.4. The van der Waals surface area contributed by atoms with E-state index in [-0.39, 0.29) is 0 Å². The van der Waals surface area contributed by atoms with Crippen LogP contribution in [0.5, 0.6) is 0 Å². The largest absolute Gasteiger partial charge is 0.367 e. The summed E-state index contributed by atoms with van der Waals surface area (Å²) in [7, 11) is 0. The van der Waals surface area contributed by atoms with Crippen LogP contribution in [0.4, 0.5) is 5.82 Å². The van der Waals surface area contributed by atoms with Crippen LogP contribution in [-0.4, -0.2) is 27.2 Å². The van der Waals surface area contributed by atoms with Crippen LogP contribution in [0.2, 0.25) is 0 Å². The van der Waals surface area contributed by atoms with Crippen LogP contribution in [0.3, 0.4) is 0 Å². The molecule has 1 rings (SSSR count). The zero-order chi connectivity index (χ0) is 7.23. The summed E-state index contributed by atoms with van der Waals surface area (Å²) >= 11 is 0. The van der Waals surface area contributed by atoms with Crippen molar-refractivity contribution in [2.24, 2.45) is 0 Å². The molecular weight excluding hydrogens is 130 g/mol. The van der Waals surface area contributed by atoms with Crippen molar-refractivity contribution < 1.29 is 0 Å². The molecule has 0 radical (unpaired) electrons. The zero-order valence-corrected chi connectivity index (χ0v) is 5.78. The Hall–Kier alpha value is -1.26. The SMILES string of the molecule is CCCNc1cnnnn1. The van der Waals surface area contributed by atoms with E-state index in [4.69, 9.17) is 0 Å². The van der Waals surface area contributed by atoms with Crippen LogP contribution in [-0.2, 0) is 0 Å². The minimum Gasteiger partial charge on any atom is -0.367 e. The molecule has 5 nitrogen and oxygen atoms in total. The van der Waals surface area contributed by atoms with Crippen molar-refractivity contribution in [1.82, 2.24) is 20.6 Å². The van der Waals surface area contributed by atoms with Crippen molar-refractivity contribution in [1.29, 1.82) is 0 Å². The molecule has 0 amide bonds. The summed E-state index contributed by atoms with van der Waals surface area (Å²) in [5, 5.41) is 16.9. The molecule has 0 aliphatic rings. The average Bonchev–Trinajstić information content (AvgIpc) is 2.03. The lowest BCUT2D eigenvalue weighted by Gasteiger charge is -1.97. The third kappa shape index (κ3) is 1.93. The van der Waals surface area contributed by atoms with Gasteiger partial charge in [-0.25, -0.2) is 0 Å². The first-order valence-corrected chi connectivity index (χ1v) is 3.18. The van der Waals surface area contributed by atoms with Gasteiger partial charge in [0.05, 0.1) is 6.20 Å². The summed E-state index contributed by atoms with van der Waals surface area (Å²) in [5.74, 6) is 0.678. The van der Waals surface area contributed by atoms with E-state index in [9.17, 15) is 0 Å². The van der Waals surface area contributed by atoms with Crippen molar-refractivity contribution in [3.8, 4) is 0 Å². The van der Waals surface area contributed by atoms with Crippen molar-refractivity contribution >= 4 is 5.82 Å². The maximum absolute atomic E-state index is 3.68. The van der Waals surface area contributed by atoms with Crippen molar-refractivity contribution in [3.05, 3.63) is 6.20 Å². The fourth-order valence-electron chi connectivity index (χ4n) is 0.532. The molecule has 1 aromatic heterocycles. The Morgan fingerprint density at radius 1 is 1.50 bits per heavy atom. The maximum atomic E-state index is 3.68. The Morgan fingerprint density at radius 2 is 2.40 bits per heavy atom. The lowest BCUT2D eigenvalue weighted by atomic mass is 10.5. The van der Waals surface area contributed by atoms with Crippen LogP contribution < -0.4 is 5.32 Å². The van der Waals surface area contributed by atoms with Crippen LogP contribution in [0.15, 0.2) is 6.20 Å². The molecular formula is C5H9N5. The predicted molar refractivity (Wildman–Crippen MR) is 36.4 cm³/mol. The zero-order valence-electron chi connectivity index (χ0n) is 5.78. The van der Waals surface area contributed by atoms with E-state index in [1.54, 1.807) is 6.20 Å². The first-order chi connectivity index (χ1) is 4.93. The highest BCUT2D eigenvalue weighted by Crippen LogP contribution is 1.92. The lowest BCUT2D eigenvalue weighted by Crippen LogP contribution is -2.04. The van der Waals surface area contributed by atoms with Crippen LogP contribution in [0.25, 0.3) is 0 Å². The molecule has 0 saturated carbocycles. The van der Waals surface area contributed by atoms with Gasteiger partial charge < -0.3 is 5.32 Å². The Morgan fingerprint density at radius 3 is 3.00 bits per heavy atom. The molecule has 1 N–H and O–H groups in total. The summed E-state index contributed by atoms with van der Waals surface area (Å²) in [6, 6.07) is 0. The number of rotatable bonds is 3. The van der Waals surface area contributed by atoms with Gasteiger partial charge in [0.1, 0.15) is 0 Å². The molecule has 54 valence electrons. The Bertz CT molecular complexity index is 175. The van der Waals surface area contributed by atoms with Gasteiger partial charge in [-0.3, -0.25) is 0 Å². The van der Waals surface area contributed by atoms with Crippen molar-refractivity contribution in [3.63, 3.8) is 0 Å². The molecule has 0 fully saturated rings. The topological polar surface area (TPSA) is 63.6 Å². The number of hydrogen-bond donors (Lipinski definition) is 1. The highest BCUT2D eigenvalue weighted by molar-refractivity contribution is 5.27. The molecule has 0 aliphatic carbocycles. The molecule has 0 unspecified atom stereocenters. The van der Waals surface area contributed by atoms with E-state index in [2.05, 4.69) is 32.9 Å². The molecule has 1 heterocycles. The van der Waals surface area contributed by atoms with Gasteiger partial charge in [-0.05, 0) is 16.8 Å². The number of nitrogens with one attached hydrogen (secondary N) is 1. The second kappa shape index (κ2) is 3.71. The highest BCUT2D eigenvalue weighted by Gasteiger charge is 1.89. The maximum Gasteiger partial charge on any atom is 0.170 e. The van der Waals surface area contributed by atoms with Gasteiger partial charge in [0.2, 0.25) is 0 Å². The average molecular weight is 139 g/mol. The lowest BCUT2D eigenvalue weighted by molar-refractivity contribution is 0.760. The van der Waals surface area contributed by atoms with E-state index in [1.807, 2.05) is 0 Å². The van der Waals surface area contributed by atoms with Gasteiger partial charge in [0.25, 0.3) is 0 Å². The summed E-state index contributed by atoms with van der Waals surface area (Å²) in [6.07, 6.45) is 2.60. The van der Waals surface area contributed by atoms with Gasteiger partial charge in [-0.2, -0.15) is 0 Å². The van der Waals surface area contributed by atoms with Crippen LogP contribution in [0.1, 0.15) is 13.3 Å². The van der Waals surface area contributed by atoms with Gasteiger partial charge in [-0.15, -0.1) is 10.2 Å². The van der Waals surface area contributed by atoms with E-state index in [1.165, 1.54) is 0 Å². The molecule has 0 atom stereocenters. The fraction of sp³-hybridized carbons (Fsp3) is 0.600. The summed E-state index contributed by atoms with van der Waals surface area (Å²) < 4.78 is 0. The van der Waals surface area contributed by atoms with Crippen LogP contribution >= 0.6 is 0 Å². The molecule has 0 bridgehead atoms. The predicted octanol–water partition coefficient (Wildman–Crippen LogP) is 0.0885. The Kier molecular flexibility index (Phi) is 2.54. The second-order valence-corrected chi connectivity index (χ2v) is 1.84.